The third-order valence-corrected chi connectivity index (χ3v) is 6.86. The predicted molar refractivity (Wildman–Crippen MR) is 114 cm³/mol. The number of esters is 1. The van der Waals surface area contributed by atoms with Crippen LogP contribution >= 0.6 is 7.75 Å². The number of nitrogen functional groups attached to an aromatic ring is 1. The maximum atomic E-state index is 12.8. The minimum absolute atomic E-state index is 0.0670. The summed E-state index contributed by atoms with van der Waals surface area (Å²) in [5, 5.41) is 26.7. The van der Waals surface area contributed by atoms with Crippen LogP contribution in [0.1, 0.15) is 38.8 Å². The molecule has 3 rings (SSSR count). The maximum Gasteiger partial charge on any atom is 0.404 e. The molecule has 1 saturated carbocycles. The van der Waals surface area contributed by atoms with E-state index in [1.165, 1.54) is 6.07 Å². The Bertz CT molecular complexity index is 1070. The third-order valence-electron chi connectivity index (χ3n) is 5.67. The monoisotopic (exact) mass is 503 g/mol. The normalized spacial score (nSPS) is 29.8. The summed E-state index contributed by atoms with van der Waals surface area (Å²) in [6, 6.07) is 1.23. The summed E-state index contributed by atoms with van der Waals surface area (Å²) >= 11 is 0. The number of hydrogen-bond donors (Lipinski definition) is 5. The third kappa shape index (κ3) is 5.09. The molecule has 0 radical (unpaired) electrons. The number of azide groups is 1. The van der Waals surface area contributed by atoms with Crippen LogP contribution in [0.5, 0.6) is 0 Å². The lowest BCUT2D eigenvalue weighted by atomic mass is 10.00. The summed E-state index contributed by atoms with van der Waals surface area (Å²) in [6.45, 7) is 0.655. The topological polar surface area (TPSA) is 244 Å². The van der Waals surface area contributed by atoms with Crippen molar-refractivity contribution >= 4 is 19.5 Å². The number of nitrogens with two attached hydrogens (primary N) is 1. The van der Waals surface area contributed by atoms with Gasteiger partial charge in [-0.3, -0.25) is 13.9 Å². The van der Waals surface area contributed by atoms with Crippen molar-refractivity contribution in [1.82, 2.24) is 14.6 Å². The Morgan fingerprint density at radius 3 is 2.76 bits per heavy atom. The van der Waals surface area contributed by atoms with Gasteiger partial charge in [-0.05, 0) is 31.4 Å². The first kappa shape index (κ1) is 26.1. The fourth-order valence-corrected chi connectivity index (χ4v) is 5.29. The minimum atomic E-state index is -4.76. The molecule has 1 aliphatic heterocycles. The lowest BCUT2D eigenvalue weighted by Gasteiger charge is -2.32. The van der Waals surface area contributed by atoms with Crippen LogP contribution in [0.3, 0.4) is 0 Å². The van der Waals surface area contributed by atoms with E-state index in [0.717, 1.165) is 10.8 Å². The number of aromatic nitrogens is 2. The zero-order valence-electron chi connectivity index (χ0n) is 18.2. The number of carbonyl (C=O) groups is 1. The molecule has 1 aromatic rings. The van der Waals surface area contributed by atoms with Gasteiger partial charge in [0.15, 0.2) is 6.23 Å². The zero-order valence-corrected chi connectivity index (χ0v) is 19.1. The van der Waals surface area contributed by atoms with Crippen molar-refractivity contribution in [3.8, 4) is 0 Å². The van der Waals surface area contributed by atoms with Gasteiger partial charge in [-0.2, -0.15) is 4.98 Å². The van der Waals surface area contributed by atoms with Crippen molar-refractivity contribution < 1.29 is 38.5 Å². The van der Waals surface area contributed by atoms with E-state index in [1.54, 1.807) is 6.92 Å². The van der Waals surface area contributed by atoms with Crippen molar-refractivity contribution in [1.29, 1.82) is 0 Å². The molecule has 2 aliphatic rings. The molecule has 0 bridgehead atoms. The number of nitrogens with one attached hydrogen (secondary N) is 1. The lowest BCUT2D eigenvalue weighted by Crippen LogP contribution is -2.50. The quantitative estimate of drug-likeness (QED) is 0.0955. The molecule has 0 aromatic carbocycles. The first-order chi connectivity index (χ1) is 16.0. The fraction of sp³-hybridized carbons (Fsp3) is 0.706. The number of hydrogen-bond acceptors (Lipinski definition) is 11. The second kappa shape index (κ2) is 9.98. The molecule has 1 aliphatic carbocycles. The number of ether oxygens (including phenoxy) is 2. The number of aliphatic hydroxyl groups is 2. The molecule has 0 spiro atoms. The van der Waals surface area contributed by atoms with Crippen LogP contribution in [0.2, 0.25) is 0 Å². The van der Waals surface area contributed by atoms with Crippen LogP contribution in [0, 0.1) is 0 Å². The van der Waals surface area contributed by atoms with Crippen molar-refractivity contribution in [3.63, 3.8) is 0 Å². The van der Waals surface area contributed by atoms with Gasteiger partial charge in [0.1, 0.15) is 23.6 Å². The standard InChI is InChI=1S/C17H26N7O9P/c1-2-31-14(27)16(6-3-4-7-16)22-34(29,30)32-9-17(21-23-19)12(26)11(25)13(33-17)24-8-5-10(18)20-15(24)28/h5,8,11-13,25-26H,2-4,6-7,9H2,1H3,(H2,18,20,28)(H2,22,29,30)/t11-,12+,13-,17-/m1/s1. The van der Waals surface area contributed by atoms with Gasteiger partial charge in [-0.15, -0.1) is 0 Å². The van der Waals surface area contributed by atoms with E-state index in [2.05, 4.69) is 20.1 Å². The molecule has 34 heavy (non-hydrogen) atoms. The van der Waals surface area contributed by atoms with Crippen LogP contribution in [-0.2, 0) is 23.4 Å². The molecule has 2 heterocycles. The highest BCUT2D eigenvalue weighted by atomic mass is 31.2. The summed E-state index contributed by atoms with van der Waals surface area (Å²) < 4.78 is 29.2. The molecular formula is C17H26N7O9P. The Balaban J connectivity index is 1.82. The highest BCUT2D eigenvalue weighted by molar-refractivity contribution is 7.50. The minimum Gasteiger partial charge on any atom is -0.465 e. The Labute approximate surface area is 192 Å². The van der Waals surface area contributed by atoms with Crippen LogP contribution in [0.25, 0.3) is 10.4 Å². The van der Waals surface area contributed by atoms with Gasteiger partial charge in [0.25, 0.3) is 0 Å². The van der Waals surface area contributed by atoms with Crippen LogP contribution in [0.15, 0.2) is 22.2 Å². The lowest BCUT2D eigenvalue weighted by molar-refractivity contribution is -0.150. The summed E-state index contributed by atoms with van der Waals surface area (Å²) in [7, 11) is -4.76. The van der Waals surface area contributed by atoms with E-state index >= 15 is 0 Å². The first-order valence-corrected chi connectivity index (χ1v) is 12.0. The summed E-state index contributed by atoms with van der Waals surface area (Å²) in [4.78, 5) is 41.0. The molecule has 17 heteroatoms. The van der Waals surface area contributed by atoms with Crippen LogP contribution in [0.4, 0.5) is 5.82 Å². The highest BCUT2D eigenvalue weighted by Gasteiger charge is 2.57. The average molecular weight is 503 g/mol. The van der Waals surface area contributed by atoms with Gasteiger partial charge in [0.05, 0.1) is 13.2 Å². The van der Waals surface area contributed by atoms with Gasteiger partial charge in [0.2, 0.25) is 5.72 Å². The Morgan fingerprint density at radius 1 is 1.50 bits per heavy atom. The van der Waals surface area contributed by atoms with E-state index in [9.17, 15) is 29.3 Å². The maximum absolute atomic E-state index is 12.8. The predicted octanol–water partition coefficient (Wildman–Crippen LogP) is -0.335. The van der Waals surface area contributed by atoms with Crippen molar-refractivity contribution in [2.45, 2.75) is 62.3 Å². The number of anilines is 1. The molecule has 188 valence electrons. The summed E-state index contributed by atoms with van der Waals surface area (Å²) in [5.41, 5.74) is 9.66. The number of carbonyl (C=O) groups excluding carboxylic acids is 1. The van der Waals surface area contributed by atoms with E-state index in [4.69, 9.17) is 25.3 Å². The Kier molecular flexibility index (Phi) is 7.65. The fourth-order valence-electron chi connectivity index (χ4n) is 4.01. The average Bonchev–Trinajstić information content (AvgIpc) is 3.33. The molecule has 1 saturated heterocycles. The summed E-state index contributed by atoms with van der Waals surface area (Å²) in [5.74, 6) is -0.813. The second-order valence-corrected chi connectivity index (χ2v) is 9.46. The second-order valence-electron chi connectivity index (χ2n) is 7.94. The van der Waals surface area contributed by atoms with Crippen LogP contribution in [-0.4, -0.2) is 67.3 Å². The highest BCUT2D eigenvalue weighted by Crippen LogP contribution is 2.47. The Hall–Kier alpha value is -2.55. The van der Waals surface area contributed by atoms with Gasteiger partial charge in [0, 0.05) is 11.1 Å². The molecule has 5 atom stereocenters. The van der Waals surface area contributed by atoms with Gasteiger partial charge < -0.3 is 30.3 Å². The van der Waals surface area contributed by atoms with Crippen molar-refractivity contribution in [2.75, 3.05) is 18.9 Å². The zero-order chi connectivity index (χ0) is 25.1. The first-order valence-electron chi connectivity index (χ1n) is 10.4. The number of rotatable bonds is 9. The van der Waals surface area contributed by atoms with E-state index < -0.39 is 55.7 Å². The summed E-state index contributed by atoms with van der Waals surface area (Å²) in [6.07, 6.45) is -2.56. The molecule has 16 nitrogen and oxygen atoms in total. The largest absolute Gasteiger partial charge is 0.465 e. The van der Waals surface area contributed by atoms with Gasteiger partial charge >= 0.3 is 19.4 Å². The van der Waals surface area contributed by atoms with Crippen LogP contribution < -0.4 is 16.5 Å². The smallest absolute Gasteiger partial charge is 0.404 e. The van der Waals surface area contributed by atoms with Crippen molar-refractivity contribution in [3.05, 3.63) is 33.2 Å². The molecular weight excluding hydrogens is 477 g/mol. The number of nitrogens with zero attached hydrogens (tertiary/aromatic N) is 5. The Morgan fingerprint density at radius 2 is 2.18 bits per heavy atom. The van der Waals surface area contributed by atoms with E-state index in [1.807, 2.05) is 0 Å². The molecule has 2 fully saturated rings. The van der Waals surface area contributed by atoms with Gasteiger partial charge in [-0.25, -0.2) is 14.4 Å². The number of aliphatic hydroxyl groups excluding tert-OH is 2. The molecule has 0 amide bonds. The van der Waals surface area contributed by atoms with Crippen molar-refractivity contribution in [2.24, 2.45) is 5.11 Å². The molecule has 6 N–H and O–H groups in total. The van der Waals surface area contributed by atoms with E-state index in [-0.39, 0.29) is 25.3 Å². The SMILES string of the molecule is CCOC(=O)C1(NP(=O)(O)OC[C@@]2(N=[N+]=[N-])O[C@@H](n3ccc(N)nc3=O)[C@H](O)[C@@H]2O)CCCC1. The van der Waals surface area contributed by atoms with E-state index in [0.29, 0.717) is 12.8 Å². The molecule has 1 unspecified atom stereocenters. The molecule has 1 aromatic heterocycles. The van der Waals surface area contributed by atoms with Gasteiger partial charge in [-0.1, -0.05) is 18.0 Å².